The molecule has 0 N–H and O–H groups in total. The maximum Gasteiger partial charge on any atom is 0.348 e. The third-order valence-corrected chi connectivity index (χ3v) is 4.56. The van der Waals surface area contributed by atoms with E-state index < -0.39 is 5.97 Å². The lowest BCUT2D eigenvalue weighted by Crippen LogP contribution is -2.20. The average Bonchev–Trinajstić information content (AvgIpc) is 2.84. The van der Waals surface area contributed by atoms with Gasteiger partial charge in [0.1, 0.15) is 16.3 Å². The first-order valence-electron chi connectivity index (χ1n) is 7.24. The molecule has 0 atom stereocenters. The molecule has 7 heteroatoms. The van der Waals surface area contributed by atoms with Crippen LogP contribution in [0.1, 0.15) is 35.0 Å². The normalized spacial score (nSPS) is 11.0. The van der Waals surface area contributed by atoms with Gasteiger partial charge in [0, 0.05) is 13.7 Å². The molecule has 2 aromatic heterocycles. The summed E-state index contributed by atoms with van der Waals surface area (Å²) >= 11 is 1.20. The second-order valence-corrected chi connectivity index (χ2v) is 5.96. The quantitative estimate of drug-likeness (QED) is 0.577. The fourth-order valence-electron chi connectivity index (χ4n) is 2.12. The number of hydrogen-bond donors (Lipinski definition) is 0. The molecular formula is C15H20N2O4S. The maximum absolute atomic E-state index is 12.5. The van der Waals surface area contributed by atoms with Gasteiger partial charge in [0.15, 0.2) is 0 Å². The number of esters is 1. The number of aryl methyl sites for hydroxylation is 2. The van der Waals surface area contributed by atoms with E-state index in [0.717, 1.165) is 12.8 Å². The number of nitrogens with zero attached hydrogens (tertiary/aromatic N) is 2. The fraction of sp³-hybridized carbons (Fsp3) is 0.533. The van der Waals surface area contributed by atoms with Gasteiger partial charge in [0.05, 0.1) is 18.3 Å². The molecule has 22 heavy (non-hydrogen) atoms. The van der Waals surface area contributed by atoms with Crippen LogP contribution in [0.5, 0.6) is 0 Å². The standard InChI is InChI=1S/C15H20N2O4S/c1-4-5-6-17-9-16-13-11(14(17)18)10(2)12(22-13)15(19)21-8-7-20-3/h9H,4-8H2,1-3H3. The molecule has 6 nitrogen and oxygen atoms in total. The third kappa shape index (κ3) is 3.36. The fourth-order valence-corrected chi connectivity index (χ4v) is 3.16. The Morgan fingerprint density at radius 3 is 2.86 bits per heavy atom. The molecule has 0 fully saturated rings. The molecular weight excluding hydrogens is 304 g/mol. The Morgan fingerprint density at radius 1 is 1.41 bits per heavy atom. The van der Waals surface area contributed by atoms with Gasteiger partial charge in [0.2, 0.25) is 0 Å². The Labute approximate surface area is 132 Å². The number of ether oxygens (including phenoxy) is 2. The summed E-state index contributed by atoms with van der Waals surface area (Å²) in [5, 5.41) is 0.516. The minimum absolute atomic E-state index is 0.0943. The highest BCUT2D eigenvalue weighted by Gasteiger charge is 2.20. The molecule has 2 rings (SSSR count). The SMILES string of the molecule is CCCCn1cnc2sc(C(=O)OCCOC)c(C)c2c1=O. The van der Waals surface area contributed by atoms with Gasteiger partial charge in [-0.1, -0.05) is 13.3 Å². The van der Waals surface area contributed by atoms with E-state index >= 15 is 0 Å². The van der Waals surface area contributed by atoms with E-state index in [1.807, 2.05) is 0 Å². The maximum atomic E-state index is 12.5. The predicted octanol–water partition coefficient (Wildman–Crippen LogP) is 2.37. The minimum atomic E-state index is -0.433. The zero-order chi connectivity index (χ0) is 16.1. The van der Waals surface area contributed by atoms with E-state index in [2.05, 4.69) is 11.9 Å². The zero-order valence-corrected chi connectivity index (χ0v) is 13.9. The second kappa shape index (κ2) is 7.51. The summed E-state index contributed by atoms with van der Waals surface area (Å²) in [5.74, 6) is -0.433. The molecule has 0 spiro atoms. The number of thiophene rings is 1. The van der Waals surface area contributed by atoms with E-state index in [0.29, 0.717) is 33.8 Å². The van der Waals surface area contributed by atoms with Crippen LogP contribution in [0.25, 0.3) is 10.2 Å². The van der Waals surface area contributed by atoms with Crippen LogP contribution in [0.2, 0.25) is 0 Å². The van der Waals surface area contributed by atoms with Crippen molar-refractivity contribution < 1.29 is 14.3 Å². The number of methoxy groups -OCH3 is 1. The van der Waals surface area contributed by atoms with Gasteiger partial charge in [-0.3, -0.25) is 9.36 Å². The number of unbranched alkanes of at least 4 members (excludes halogenated alkanes) is 1. The van der Waals surface area contributed by atoms with Crippen molar-refractivity contribution in [3.05, 3.63) is 27.1 Å². The molecule has 2 heterocycles. The lowest BCUT2D eigenvalue weighted by atomic mass is 10.2. The zero-order valence-electron chi connectivity index (χ0n) is 13.0. The Kier molecular flexibility index (Phi) is 5.68. The van der Waals surface area contributed by atoms with Crippen LogP contribution in [-0.2, 0) is 16.0 Å². The summed E-state index contributed by atoms with van der Waals surface area (Å²) in [6.45, 7) is 5.01. The summed E-state index contributed by atoms with van der Waals surface area (Å²) < 4.78 is 11.6. The molecule has 0 bridgehead atoms. The van der Waals surface area contributed by atoms with Crippen molar-refractivity contribution in [1.29, 1.82) is 0 Å². The smallest absolute Gasteiger partial charge is 0.348 e. The molecule has 0 aliphatic rings. The van der Waals surface area contributed by atoms with Gasteiger partial charge in [0.25, 0.3) is 5.56 Å². The van der Waals surface area contributed by atoms with E-state index in [1.165, 1.54) is 11.3 Å². The summed E-state index contributed by atoms with van der Waals surface area (Å²) in [6.07, 6.45) is 3.47. The van der Waals surface area contributed by atoms with Crippen LogP contribution in [0.15, 0.2) is 11.1 Å². The number of aromatic nitrogens is 2. The van der Waals surface area contributed by atoms with Gasteiger partial charge < -0.3 is 9.47 Å². The van der Waals surface area contributed by atoms with E-state index in [1.54, 1.807) is 24.9 Å². The van der Waals surface area contributed by atoms with Gasteiger partial charge in [-0.15, -0.1) is 11.3 Å². The molecule has 0 aliphatic carbocycles. The van der Waals surface area contributed by atoms with Crippen molar-refractivity contribution in [1.82, 2.24) is 9.55 Å². The molecule has 0 amide bonds. The van der Waals surface area contributed by atoms with Gasteiger partial charge in [-0.25, -0.2) is 9.78 Å². The number of carbonyl (C=O) groups is 1. The Morgan fingerprint density at radius 2 is 2.18 bits per heavy atom. The highest BCUT2D eigenvalue weighted by Crippen LogP contribution is 2.27. The lowest BCUT2D eigenvalue weighted by Gasteiger charge is -2.04. The number of fused-ring (bicyclic) bond motifs is 1. The topological polar surface area (TPSA) is 70.4 Å². The summed E-state index contributed by atoms with van der Waals surface area (Å²) in [4.78, 5) is 29.9. The van der Waals surface area contributed by atoms with Gasteiger partial charge >= 0.3 is 5.97 Å². The number of hydrogen-bond acceptors (Lipinski definition) is 6. The van der Waals surface area contributed by atoms with E-state index in [-0.39, 0.29) is 12.2 Å². The van der Waals surface area contributed by atoms with Gasteiger partial charge in [-0.2, -0.15) is 0 Å². The molecule has 0 radical (unpaired) electrons. The van der Waals surface area contributed by atoms with Crippen LogP contribution < -0.4 is 5.56 Å². The second-order valence-electron chi connectivity index (χ2n) is 4.96. The molecule has 0 aliphatic heterocycles. The third-order valence-electron chi connectivity index (χ3n) is 3.38. The molecule has 0 saturated heterocycles. The first kappa shape index (κ1) is 16.6. The Hall–Kier alpha value is -1.73. The molecule has 0 unspecified atom stereocenters. The van der Waals surface area contributed by atoms with Crippen LogP contribution in [0.4, 0.5) is 0 Å². The van der Waals surface area contributed by atoms with E-state index in [9.17, 15) is 9.59 Å². The monoisotopic (exact) mass is 324 g/mol. The van der Waals surface area contributed by atoms with Crippen LogP contribution in [-0.4, -0.2) is 35.8 Å². The number of rotatable bonds is 7. The Bertz CT molecular complexity index is 720. The van der Waals surface area contributed by atoms with Crippen LogP contribution >= 0.6 is 11.3 Å². The molecule has 0 aromatic carbocycles. The molecule has 2 aromatic rings. The number of carbonyl (C=O) groups excluding carboxylic acids is 1. The van der Waals surface area contributed by atoms with E-state index in [4.69, 9.17) is 9.47 Å². The van der Waals surface area contributed by atoms with Crippen LogP contribution in [0, 0.1) is 6.92 Å². The summed E-state index contributed by atoms with van der Waals surface area (Å²) in [7, 11) is 1.54. The molecule has 120 valence electrons. The minimum Gasteiger partial charge on any atom is -0.459 e. The lowest BCUT2D eigenvalue weighted by molar-refractivity contribution is 0.0393. The predicted molar refractivity (Wildman–Crippen MR) is 85.7 cm³/mol. The van der Waals surface area contributed by atoms with Gasteiger partial charge in [-0.05, 0) is 18.9 Å². The average molecular weight is 324 g/mol. The molecule has 0 saturated carbocycles. The van der Waals surface area contributed by atoms with Crippen molar-refractivity contribution in [2.75, 3.05) is 20.3 Å². The highest BCUT2D eigenvalue weighted by atomic mass is 32.1. The van der Waals surface area contributed by atoms with Crippen molar-refractivity contribution in [3.8, 4) is 0 Å². The van der Waals surface area contributed by atoms with Crippen molar-refractivity contribution >= 4 is 27.5 Å². The highest BCUT2D eigenvalue weighted by molar-refractivity contribution is 7.20. The largest absolute Gasteiger partial charge is 0.459 e. The van der Waals surface area contributed by atoms with Crippen LogP contribution in [0.3, 0.4) is 0 Å². The first-order valence-corrected chi connectivity index (χ1v) is 8.06. The summed E-state index contributed by atoms with van der Waals surface area (Å²) in [5.41, 5.74) is 0.550. The van der Waals surface area contributed by atoms with Crippen molar-refractivity contribution in [3.63, 3.8) is 0 Å². The van der Waals surface area contributed by atoms with Crippen molar-refractivity contribution in [2.24, 2.45) is 0 Å². The summed E-state index contributed by atoms with van der Waals surface area (Å²) in [6, 6.07) is 0. The Balaban J connectivity index is 2.35. The van der Waals surface area contributed by atoms with Crippen molar-refractivity contribution in [2.45, 2.75) is 33.2 Å². The first-order chi connectivity index (χ1) is 10.6.